The molecule has 1 amide bonds. The number of rotatable bonds is 62. The maximum Gasteiger partial charge on any atom is 0.306 e. The number of unbranched alkanes of at least 4 members (excludes halogenated alkanes) is 49. The maximum atomic E-state index is 14.2. The Morgan fingerprint density at radius 2 is 0.569 bits per heavy atom. The zero-order valence-corrected chi connectivity index (χ0v) is 50.1. The van der Waals surface area contributed by atoms with Crippen molar-refractivity contribution in [1.29, 1.82) is 0 Å². The van der Waals surface area contributed by atoms with Gasteiger partial charge in [0.25, 0.3) is 0 Å². The average molecular weight is 1010 g/mol. The highest BCUT2D eigenvalue weighted by molar-refractivity contribution is 5.83. The van der Waals surface area contributed by atoms with Crippen molar-refractivity contribution in [3.8, 4) is 0 Å². The first-order valence-corrected chi connectivity index (χ1v) is 33.7. The predicted octanol–water partition coefficient (Wildman–Crippen LogP) is 23.5. The quantitative estimate of drug-likeness (QED) is 0.0346. The van der Waals surface area contributed by atoms with Crippen LogP contribution in [0.3, 0.4) is 0 Å². The zero-order valence-electron chi connectivity index (χ0n) is 50.1. The van der Waals surface area contributed by atoms with Crippen LogP contribution in [0.5, 0.6) is 0 Å². The van der Waals surface area contributed by atoms with Crippen molar-refractivity contribution in [1.82, 2.24) is 4.90 Å². The summed E-state index contributed by atoms with van der Waals surface area (Å²) in [6.07, 6.45) is 78.3. The Hall–Kier alpha value is -1.32. The summed E-state index contributed by atoms with van der Waals surface area (Å²) < 4.78 is 5.75. The van der Waals surface area contributed by atoms with E-state index in [0.29, 0.717) is 6.61 Å². The van der Waals surface area contributed by atoms with Crippen LogP contribution in [0.1, 0.15) is 387 Å². The second kappa shape index (κ2) is 62.2. The summed E-state index contributed by atoms with van der Waals surface area (Å²) in [6, 6.07) is 0. The average Bonchev–Trinajstić information content (AvgIpc) is 3.38. The molecule has 0 aliphatic heterocycles. The summed E-state index contributed by atoms with van der Waals surface area (Å²) in [7, 11) is 0. The number of esters is 1. The molecule has 0 aliphatic rings. The van der Waals surface area contributed by atoms with Gasteiger partial charge in [0, 0.05) is 19.0 Å². The van der Waals surface area contributed by atoms with Gasteiger partial charge in [0.05, 0.1) is 13.0 Å². The molecule has 0 aromatic rings. The fourth-order valence-electron chi connectivity index (χ4n) is 10.9. The highest BCUT2D eigenvalue weighted by Crippen LogP contribution is 2.22. The molecule has 428 valence electrons. The molecular weight excluding hydrogens is 879 g/mol. The zero-order chi connectivity index (χ0) is 52.2. The third kappa shape index (κ3) is 54.9. The van der Waals surface area contributed by atoms with Gasteiger partial charge in [-0.3, -0.25) is 9.59 Å². The third-order valence-electron chi connectivity index (χ3n) is 16.0. The summed E-state index contributed by atoms with van der Waals surface area (Å²) >= 11 is 0. The van der Waals surface area contributed by atoms with Crippen LogP contribution >= 0.6 is 0 Å². The topological polar surface area (TPSA) is 46.6 Å². The van der Waals surface area contributed by atoms with E-state index in [1.54, 1.807) is 0 Å². The first kappa shape index (κ1) is 70.7. The van der Waals surface area contributed by atoms with E-state index in [4.69, 9.17) is 4.74 Å². The molecule has 0 radical (unpaired) electrons. The second-order valence-electron chi connectivity index (χ2n) is 23.3. The smallest absolute Gasteiger partial charge is 0.306 e. The van der Waals surface area contributed by atoms with Crippen LogP contribution in [-0.2, 0) is 14.3 Å². The molecule has 0 fully saturated rings. The molecule has 4 heteroatoms. The third-order valence-corrected chi connectivity index (χ3v) is 16.0. The lowest BCUT2D eigenvalue weighted by molar-refractivity contribution is -0.149. The van der Waals surface area contributed by atoms with E-state index < -0.39 is 0 Å². The highest BCUT2D eigenvalue weighted by atomic mass is 16.5. The fraction of sp³-hybridized carbons (Fsp3) is 0.941. The van der Waals surface area contributed by atoms with Gasteiger partial charge >= 0.3 is 5.97 Å². The molecule has 1 unspecified atom stereocenters. The molecule has 0 aromatic carbocycles. The van der Waals surface area contributed by atoms with Gasteiger partial charge in [-0.25, -0.2) is 0 Å². The molecule has 0 spiro atoms. The van der Waals surface area contributed by atoms with Crippen LogP contribution in [0.2, 0.25) is 0 Å². The lowest BCUT2D eigenvalue weighted by Gasteiger charge is -2.27. The van der Waals surface area contributed by atoms with E-state index in [1.165, 1.54) is 308 Å². The van der Waals surface area contributed by atoms with Gasteiger partial charge in [-0.15, -0.1) is 0 Å². The number of hydrogen-bond acceptors (Lipinski definition) is 3. The summed E-state index contributed by atoms with van der Waals surface area (Å²) in [5, 5.41) is 0. The fourth-order valence-corrected chi connectivity index (χ4v) is 10.9. The predicted molar refractivity (Wildman–Crippen MR) is 321 cm³/mol. The van der Waals surface area contributed by atoms with Crippen LogP contribution in [0.25, 0.3) is 0 Å². The lowest BCUT2D eigenvalue weighted by atomic mass is 9.95. The number of amides is 1. The maximum absolute atomic E-state index is 14.2. The van der Waals surface area contributed by atoms with Crippen molar-refractivity contribution in [2.24, 2.45) is 5.92 Å². The standard InChI is InChI=1S/C68H133NO3/c1-5-9-13-17-21-22-23-24-25-26-27-28-29-30-31-32-33-34-35-36-37-38-39-40-41-42-43-44-45-46-47-48-49-50-51-52-53-57-61-66(65-67(70)72-64-60-56-20-16-12-8-4)68(71)69(62-58-54-18-14-10-6-2)63-59-55-19-15-11-7-3/h42-43,66H,5-41,44-65H2,1-4H3/b43-42+. The number of ether oxygens (including phenoxy) is 1. The van der Waals surface area contributed by atoms with Gasteiger partial charge in [0.2, 0.25) is 5.91 Å². The van der Waals surface area contributed by atoms with E-state index in [2.05, 4.69) is 44.7 Å². The number of carbonyl (C=O) groups excluding carboxylic acids is 2. The van der Waals surface area contributed by atoms with Crippen LogP contribution in [0.15, 0.2) is 12.2 Å². The van der Waals surface area contributed by atoms with Crippen molar-refractivity contribution in [2.45, 2.75) is 387 Å². The van der Waals surface area contributed by atoms with Crippen LogP contribution in [0, 0.1) is 5.92 Å². The summed E-state index contributed by atoms with van der Waals surface area (Å²) in [6.45, 7) is 11.3. The Labute approximate surface area is 454 Å². The molecule has 1 atom stereocenters. The van der Waals surface area contributed by atoms with Gasteiger partial charge in [0.1, 0.15) is 0 Å². The van der Waals surface area contributed by atoms with Crippen molar-refractivity contribution in [3.05, 3.63) is 12.2 Å². The first-order valence-electron chi connectivity index (χ1n) is 33.7. The minimum absolute atomic E-state index is 0.159. The van der Waals surface area contributed by atoms with E-state index in [9.17, 15) is 9.59 Å². The van der Waals surface area contributed by atoms with Crippen molar-refractivity contribution in [3.63, 3.8) is 0 Å². The number of allylic oxidation sites excluding steroid dienone is 2. The van der Waals surface area contributed by atoms with E-state index in [-0.39, 0.29) is 24.2 Å². The minimum Gasteiger partial charge on any atom is -0.466 e. The molecule has 4 nitrogen and oxygen atoms in total. The van der Waals surface area contributed by atoms with E-state index >= 15 is 0 Å². The number of carbonyl (C=O) groups is 2. The first-order chi connectivity index (χ1) is 35.6. The molecular formula is C68H133NO3. The molecule has 0 rings (SSSR count). The van der Waals surface area contributed by atoms with Gasteiger partial charge in [-0.2, -0.15) is 0 Å². The van der Waals surface area contributed by atoms with Gasteiger partial charge < -0.3 is 9.64 Å². The van der Waals surface area contributed by atoms with Crippen molar-refractivity contribution in [2.75, 3.05) is 19.7 Å². The number of nitrogens with zero attached hydrogens (tertiary/aromatic N) is 1. The molecule has 0 N–H and O–H groups in total. The molecule has 0 aromatic heterocycles. The lowest BCUT2D eigenvalue weighted by Crippen LogP contribution is -2.38. The summed E-state index contributed by atoms with van der Waals surface area (Å²) in [5.41, 5.74) is 0. The normalized spacial score (nSPS) is 12.1. The van der Waals surface area contributed by atoms with Gasteiger partial charge in [0.15, 0.2) is 0 Å². The minimum atomic E-state index is -0.231. The largest absolute Gasteiger partial charge is 0.466 e. The Morgan fingerprint density at radius 1 is 0.319 bits per heavy atom. The molecule has 0 heterocycles. The Morgan fingerprint density at radius 3 is 0.875 bits per heavy atom. The number of hydrogen-bond donors (Lipinski definition) is 0. The van der Waals surface area contributed by atoms with Crippen LogP contribution in [0.4, 0.5) is 0 Å². The van der Waals surface area contributed by atoms with E-state index in [0.717, 1.165) is 58.0 Å². The van der Waals surface area contributed by atoms with Gasteiger partial charge in [-0.1, -0.05) is 342 Å². The highest BCUT2D eigenvalue weighted by Gasteiger charge is 2.27. The van der Waals surface area contributed by atoms with Crippen molar-refractivity contribution >= 4 is 11.9 Å². The monoisotopic (exact) mass is 1010 g/mol. The second-order valence-corrected chi connectivity index (χ2v) is 23.3. The van der Waals surface area contributed by atoms with Gasteiger partial charge in [-0.05, 0) is 51.4 Å². The summed E-state index contributed by atoms with van der Waals surface area (Å²) in [5.74, 6) is -0.163. The Kier molecular flexibility index (Phi) is 61.1. The SMILES string of the molecule is CCCCCCCCCCCCCCCCCCCCCCCCCC/C=C/CCCCCCCCCCCCC(CC(=O)OCCCCCCCC)C(=O)N(CCCCCCCC)CCCCCCCC. The Bertz CT molecular complexity index is 1060. The molecule has 0 bridgehead atoms. The van der Waals surface area contributed by atoms with Crippen LogP contribution in [-0.4, -0.2) is 36.5 Å². The molecule has 0 aliphatic carbocycles. The van der Waals surface area contributed by atoms with Crippen LogP contribution < -0.4 is 0 Å². The van der Waals surface area contributed by atoms with E-state index in [1.807, 2.05) is 0 Å². The van der Waals surface area contributed by atoms with Crippen molar-refractivity contribution < 1.29 is 14.3 Å². The molecule has 0 saturated carbocycles. The molecule has 0 saturated heterocycles. The summed E-state index contributed by atoms with van der Waals surface area (Å²) in [4.78, 5) is 29.5. The molecule has 72 heavy (non-hydrogen) atoms. The Balaban J connectivity index is 4.07.